The van der Waals surface area contributed by atoms with E-state index in [2.05, 4.69) is 77.8 Å². The van der Waals surface area contributed by atoms with E-state index >= 15 is 0 Å². The molecule has 0 atom stereocenters. The van der Waals surface area contributed by atoms with Crippen LogP contribution < -0.4 is 0 Å². The standard InChI is InChI=1S/C26H18N2/c1-2-7-19(8-3-1)18-28-25-13-5-9-20-14-15-22(17-24(20)25)23-12-4-10-21-11-6-16-27-26(21)23/h1-18H. The van der Waals surface area contributed by atoms with Gasteiger partial charge in [0.2, 0.25) is 0 Å². The number of aromatic nitrogens is 1. The van der Waals surface area contributed by atoms with Crippen molar-refractivity contribution in [2.75, 3.05) is 0 Å². The largest absolute Gasteiger partial charge is 0.256 e. The van der Waals surface area contributed by atoms with E-state index in [1.165, 1.54) is 5.39 Å². The molecule has 0 radical (unpaired) electrons. The molecule has 5 aromatic rings. The van der Waals surface area contributed by atoms with Crippen molar-refractivity contribution < 1.29 is 0 Å². The van der Waals surface area contributed by atoms with Gasteiger partial charge in [-0.15, -0.1) is 0 Å². The van der Waals surface area contributed by atoms with Gasteiger partial charge in [0.1, 0.15) is 0 Å². The van der Waals surface area contributed by atoms with Gasteiger partial charge in [0, 0.05) is 28.7 Å². The van der Waals surface area contributed by atoms with Gasteiger partial charge in [-0.25, -0.2) is 0 Å². The summed E-state index contributed by atoms with van der Waals surface area (Å²) in [5, 5.41) is 3.47. The Labute approximate surface area is 163 Å². The van der Waals surface area contributed by atoms with Crippen LogP contribution >= 0.6 is 0 Å². The summed E-state index contributed by atoms with van der Waals surface area (Å²) < 4.78 is 0. The zero-order valence-electron chi connectivity index (χ0n) is 15.3. The summed E-state index contributed by atoms with van der Waals surface area (Å²) in [5.41, 5.74) is 5.38. The Hall–Kier alpha value is -3.78. The third kappa shape index (κ3) is 3.06. The number of nitrogens with zero attached hydrogens (tertiary/aromatic N) is 2. The van der Waals surface area contributed by atoms with Gasteiger partial charge in [-0.05, 0) is 34.7 Å². The van der Waals surface area contributed by atoms with Crippen LogP contribution in [0.2, 0.25) is 0 Å². The van der Waals surface area contributed by atoms with Gasteiger partial charge in [0.15, 0.2) is 0 Å². The van der Waals surface area contributed by atoms with Gasteiger partial charge in [-0.2, -0.15) is 0 Å². The summed E-state index contributed by atoms with van der Waals surface area (Å²) >= 11 is 0. The topological polar surface area (TPSA) is 25.2 Å². The molecule has 0 N–H and O–H groups in total. The number of benzene rings is 4. The highest BCUT2D eigenvalue weighted by atomic mass is 14.7. The van der Waals surface area contributed by atoms with Crippen LogP contribution in [0.25, 0.3) is 32.8 Å². The van der Waals surface area contributed by atoms with Crippen molar-refractivity contribution in [3.8, 4) is 11.1 Å². The highest BCUT2D eigenvalue weighted by Gasteiger charge is 2.07. The Kier molecular flexibility index (Phi) is 4.15. The van der Waals surface area contributed by atoms with E-state index in [1.54, 1.807) is 0 Å². The molecule has 0 aliphatic carbocycles. The minimum Gasteiger partial charge on any atom is -0.256 e. The number of aliphatic imine (C=N–C) groups is 1. The van der Waals surface area contributed by atoms with Crippen LogP contribution in [0, 0.1) is 0 Å². The van der Waals surface area contributed by atoms with Crippen molar-refractivity contribution in [3.63, 3.8) is 0 Å². The zero-order valence-corrected chi connectivity index (χ0v) is 15.3. The monoisotopic (exact) mass is 358 g/mol. The predicted molar refractivity (Wildman–Crippen MR) is 118 cm³/mol. The molecule has 0 amide bonds. The molecule has 0 spiro atoms. The molecule has 2 nitrogen and oxygen atoms in total. The summed E-state index contributed by atoms with van der Waals surface area (Å²) in [6.07, 6.45) is 3.77. The summed E-state index contributed by atoms with van der Waals surface area (Å²) in [7, 11) is 0. The zero-order chi connectivity index (χ0) is 18.8. The predicted octanol–water partition coefficient (Wildman–Crippen LogP) is 6.81. The van der Waals surface area contributed by atoms with E-state index in [4.69, 9.17) is 4.99 Å². The first-order valence-corrected chi connectivity index (χ1v) is 9.34. The third-order valence-corrected chi connectivity index (χ3v) is 4.96. The van der Waals surface area contributed by atoms with Gasteiger partial charge < -0.3 is 0 Å². The van der Waals surface area contributed by atoms with Crippen LogP contribution in [-0.4, -0.2) is 11.2 Å². The van der Waals surface area contributed by atoms with Crippen LogP contribution in [0.15, 0.2) is 108 Å². The summed E-state index contributed by atoms with van der Waals surface area (Å²) in [6, 6.07) is 33.4. The van der Waals surface area contributed by atoms with Crippen molar-refractivity contribution in [2.45, 2.75) is 0 Å². The maximum Gasteiger partial charge on any atom is 0.0780 e. The minimum absolute atomic E-state index is 0.969. The van der Waals surface area contributed by atoms with Crippen LogP contribution in [0.3, 0.4) is 0 Å². The Morgan fingerprint density at radius 3 is 2.43 bits per heavy atom. The van der Waals surface area contributed by atoms with Crippen molar-refractivity contribution in [3.05, 3.63) is 109 Å². The lowest BCUT2D eigenvalue weighted by Gasteiger charge is -2.09. The molecule has 4 aromatic carbocycles. The lowest BCUT2D eigenvalue weighted by molar-refractivity contribution is 1.41. The van der Waals surface area contributed by atoms with Gasteiger partial charge in [0.25, 0.3) is 0 Å². The van der Waals surface area contributed by atoms with Crippen LogP contribution in [-0.2, 0) is 0 Å². The summed E-state index contributed by atoms with van der Waals surface area (Å²) in [5.74, 6) is 0. The molecule has 1 heterocycles. The van der Waals surface area contributed by atoms with Crippen molar-refractivity contribution in [2.24, 2.45) is 4.99 Å². The second kappa shape index (κ2) is 7.09. The SMILES string of the molecule is C(=Nc1cccc2ccc(-c3cccc4cccnc34)cc12)c1ccccc1. The molecule has 0 aliphatic rings. The second-order valence-corrected chi connectivity index (χ2v) is 6.76. The first-order chi connectivity index (χ1) is 13.9. The Morgan fingerprint density at radius 1 is 0.679 bits per heavy atom. The Balaban J connectivity index is 1.65. The molecule has 0 fully saturated rings. The fourth-order valence-corrected chi connectivity index (χ4v) is 3.56. The maximum atomic E-state index is 4.76. The molecule has 1 aromatic heterocycles. The van der Waals surface area contributed by atoms with E-state index in [0.29, 0.717) is 0 Å². The Bertz CT molecular complexity index is 1300. The van der Waals surface area contributed by atoms with Crippen LogP contribution in [0.5, 0.6) is 0 Å². The quantitative estimate of drug-likeness (QED) is 0.325. The van der Waals surface area contributed by atoms with Crippen molar-refractivity contribution >= 4 is 33.6 Å². The van der Waals surface area contributed by atoms with Gasteiger partial charge >= 0.3 is 0 Å². The smallest absolute Gasteiger partial charge is 0.0780 e. The molecule has 0 bridgehead atoms. The molecule has 0 saturated carbocycles. The maximum absolute atomic E-state index is 4.76. The summed E-state index contributed by atoms with van der Waals surface area (Å²) in [4.78, 5) is 9.37. The average Bonchev–Trinajstić information content (AvgIpc) is 2.77. The van der Waals surface area contributed by atoms with Crippen molar-refractivity contribution in [1.29, 1.82) is 0 Å². The number of hydrogen-bond acceptors (Lipinski definition) is 2. The first kappa shape index (κ1) is 16.4. The first-order valence-electron chi connectivity index (χ1n) is 9.34. The number of para-hydroxylation sites is 1. The molecule has 0 aliphatic heterocycles. The number of fused-ring (bicyclic) bond motifs is 2. The Morgan fingerprint density at radius 2 is 1.50 bits per heavy atom. The highest BCUT2D eigenvalue weighted by molar-refractivity contribution is 6.00. The average molecular weight is 358 g/mol. The molecular weight excluding hydrogens is 340 g/mol. The van der Waals surface area contributed by atoms with Crippen molar-refractivity contribution in [1.82, 2.24) is 4.98 Å². The van der Waals surface area contributed by atoms with E-state index in [9.17, 15) is 0 Å². The van der Waals surface area contributed by atoms with E-state index in [1.807, 2.05) is 36.7 Å². The number of rotatable bonds is 3. The minimum atomic E-state index is 0.969. The van der Waals surface area contributed by atoms with Crippen LogP contribution in [0.1, 0.15) is 5.56 Å². The number of hydrogen-bond donors (Lipinski definition) is 0. The molecule has 5 rings (SSSR count). The second-order valence-electron chi connectivity index (χ2n) is 6.76. The molecule has 0 saturated heterocycles. The van der Waals surface area contributed by atoms with Gasteiger partial charge in [0.05, 0.1) is 11.2 Å². The van der Waals surface area contributed by atoms with Gasteiger partial charge in [-0.3, -0.25) is 9.98 Å². The van der Waals surface area contributed by atoms with Gasteiger partial charge in [-0.1, -0.05) is 78.9 Å². The fraction of sp³-hybridized carbons (Fsp3) is 0. The molecule has 0 unspecified atom stereocenters. The van der Waals surface area contributed by atoms with Crippen LogP contribution in [0.4, 0.5) is 5.69 Å². The third-order valence-electron chi connectivity index (χ3n) is 4.96. The normalized spacial score (nSPS) is 11.4. The lowest BCUT2D eigenvalue weighted by Crippen LogP contribution is -1.85. The molecule has 28 heavy (non-hydrogen) atoms. The number of pyridine rings is 1. The molecule has 132 valence electrons. The van der Waals surface area contributed by atoms with E-state index < -0.39 is 0 Å². The highest BCUT2D eigenvalue weighted by Crippen LogP contribution is 2.33. The molecule has 2 heteroatoms. The van der Waals surface area contributed by atoms with E-state index in [0.717, 1.165) is 38.7 Å². The lowest BCUT2D eigenvalue weighted by atomic mass is 9.98. The summed E-state index contributed by atoms with van der Waals surface area (Å²) in [6.45, 7) is 0. The fourth-order valence-electron chi connectivity index (χ4n) is 3.56. The molecular formula is C26H18N2. The van der Waals surface area contributed by atoms with E-state index in [-0.39, 0.29) is 0 Å².